The van der Waals surface area contributed by atoms with E-state index in [2.05, 4.69) is 10.3 Å². The fourth-order valence-corrected chi connectivity index (χ4v) is 1.47. The minimum atomic E-state index is -0.750. The monoisotopic (exact) mass is 316 g/mol. The number of aliphatic imine (C=N–C) groups is 1. The second-order valence-corrected chi connectivity index (χ2v) is 3.93. The van der Waals surface area contributed by atoms with Crippen molar-refractivity contribution in [1.29, 1.82) is 0 Å². The van der Waals surface area contributed by atoms with E-state index in [-0.39, 0.29) is 39.1 Å². The van der Waals surface area contributed by atoms with E-state index in [1.165, 1.54) is 12.1 Å². The van der Waals surface area contributed by atoms with Gasteiger partial charge in [-0.2, -0.15) is 4.99 Å². The number of urea groups is 1. The summed E-state index contributed by atoms with van der Waals surface area (Å²) >= 11 is 17.3. The van der Waals surface area contributed by atoms with Gasteiger partial charge in [0.2, 0.25) is 0 Å². The fraction of sp³-hybridized carbons (Fsp3) is 0. The summed E-state index contributed by atoms with van der Waals surface area (Å²) in [5, 5.41) is 3.12. The van der Waals surface area contributed by atoms with Gasteiger partial charge in [-0.25, -0.2) is 4.79 Å². The van der Waals surface area contributed by atoms with Crippen molar-refractivity contribution in [3.63, 3.8) is 0 Å². The third-order valence-corrected chi connectivity index (χ3v) is 2.52. The van der Waals surface area contributed by atoms with Crippen molar-refractivity contribution in [2.45, 2.75) is 0 Å². The minimum Gasteiger partial charge on any atom is -0.370 e. The van der Waals surface area contributed by atoms with Crippen LogP contribution in [0.4, 0.5) is 10.5 Å². The molecule has 2 amide bonds. The molecule has 0 saturated heterocycles. The van der Waals surface area contributed by atoms with Crippen LogP contribution in [-0.4, -0.2) is 12.0 Å². The van der Waals surface area contributed by atoms with Gasteiger partial charge in [0.05, 0.1) is 20.8 Å². The highest BCUT2D eigenvalue weighted by Gasteiger charge is 2.08. The third kappa shape index (κ3) is 4.87. The van der Waals surface area contributed by atoms with Gasteiger partial charge in [0, 0.05) is 0 Å². The van der Waals surface area contributed by atoms with Crippen LogP contribution in [0, 0.1) is 0 Å². The molecule has 0 spiro atoms. The van der Waals surface area contributed by atoms with Gasteiger partial charge in [0.25, 0.3) is 0 Å². The van der Waals surface area contributed by atoms with E-state index < -0.39 is 6.03 Å². The number of guanidine groups is 1. The number of hydrogen-bond acceptors (Lipinski definition) is 1. The number of hydrogen-bond donors (Lipinski definition) is 3. The molecule has 0 aliphatic carbocycles. The molecule has 0 radical (unpaired) electrons. The van der Waals surface area contributed by atoms with Gasteiger partial charge in [0.15, 0.2) is 5.96 Å². The molecule has 9 heteroatoms. The minimum absolute atomic E-state index is 0. The number of benzene rings is 1. The Balaban J connectivity index is 0.00000256. The first-order chi connectivity index (χ1) is 7.40. The first-order valence-electron chi connectivity index (χ1n) is 3.95. The van der Waals surface area contributed by atoms with Crippen molar-refractivity contribution in [3.05, 3.63) is 27.2 Å². The molecule has 0 bridgehead atoms. The topological polar surface area (TPSA) is 93.5 Å². The van der Waals surface area contributed by atoms with Crippen LogP contribution in [0.3, 0.4) is 0 Å². The van der Waals surface area contributed by atoms with Crippen LogP contribution >= 0.6 is 47.2 Å². The van der Waals surface area contributed by atoms with Gasteiger partial charge in [-0.3, -0.25) is 0 Å². The van der Waals surface area contributed by atoms with E-state index in [0.29, 0.717) is 0 Å². The molecule has 1 aromatic carbocycles. The molecule has 5 N–H and O–H groups in total. The summed E-state index contributed by atoms with van der Waals surface area (Å²) in [4.78, 5) is 14.4. The zero-order chi connectivity index (χ0) is 12.3. The quantitative estimate of drug-likeness (QED) is 0.422. The Labute approximate surface area is 119 Å². The lowest BCUT2D eigenvalue weighted by molar-refractivity contribution is 0.259. The molecule has 94 valence electrons. The van der Waals surface area contributed by atoms with Crippen molar-refractivity contribution in [2.24, 2.45) is 16.5 Å². The Morgan fingerprint density at radius 3 is 2.18 bits per heavy atom. The highest BCUT2D eigenvalue weighted by Crippen LogP contribution is 2.32. The molecular formula is C8H8Cl4N4O. The van der Waals surface area contributed by atoms with Crippen molar-refractivity contribution in [1.82, 2.24) is 0 Å². The zero-order valence-corrected chi connectivity index (χ0v) is 11.3. The van der Waals surface area contributed by atoms with Gasteiger partial charge >= 0.3 is 6.03 Å². The molecule has 0 heterocycles. The second-order valence-electron chi connectivity index (χ2n) is 2.71. The lowest BCUT2D eigenvalue weighted by Gasteiger charge is -2.06. The highest BCUT2D eigenvalue weighted by atomic mass is 35.5. The van der Waals surface area contributed by atoms with E-state index >= 15 is 0 Å². The van der Waals surface area contributed by atoms with Crippen LogP contribution in [0.25, 0.3) is 0 Å². The summed E-state index contributed by atoms with van der Waals surface area (Å²) in [6.45, 7) is 0. The van der Waals surface area contributed by atoms with E-state index in [0.717, 1.165) is 0 Å². The molecule has 0 atom stereocenters. The fourth-order valence-electron chi connectivity index (χ4n) is 0.879. The Morgan fingerprint density at radius 1 is 1.12 bits per heavy atom. The first kappa shape index (κ1) is 16.1. The van der Waals surface area contributed by atoms with Crippen molar-refractivity contribution in [3.8, 4) is 0 Å². The van der Waals surface area contributed by atoms with Crippen LogP contribution < -0.4 is 16.8 Å². The number of nitrogens with zero attached hydrogens (tertiary/aromatic N) is 1. The summed E-state index contributed by atoms with van der Waals surface area (Å²) in [6, 6.07) is 2.04. The van der Waals surface area contributed by atoms with Crippen LogP contribution in [-0.2, 0) is 0 Å². The Morgan fingerprint density at radius 2 is 1.65 bits per heavy atom. The van der Waals surface area contributed by atoms with E-state index in [1.807, 2.05) is 0 Å². The standard InChI is InChI=1S/C8H7Cl3N4O.ClH/c9-3-1-5(11)6(2-4(3)10)14-8(16)15-7(12)13;/h1-2H,(H5,12,13,14,15,16);1H. The average molecular weight is 318 g/mol. The summed E-state index contributed by atoms with van der Waals surface area (Å²) in [6.07, 6.45) is 0. The third-order valence-electron chi connectivity index (χ3n) is 1.48. The zero-order valence-electron chi connectivity index (χ0n) is 8.21. The van der Waals surface area contributed by atoms with E-state index in [4.69, 9.17) is 46.3 Å². The predicted molar refractivity (Wildman–Crippen MR) is 73.5 cm³/mol. The predicted octanol–water partition coefficient (Wildman–Crippen LogP) is 2.87. The van der Waals surface area contributed by atoms with E-state index in [1.54, 1.807) is 0 Å². The first-order valence-corrected chi connectivity index (χ1v) is 5.08. The van der Waals surface area contributed by atoms with Gasteiger partial charge in [-0.05, 0) is 12.1 Å². The number of nitrogens with one attached hydrogen (secondary N) is 1. The smallest absolute Gasteiger partial charge is 0.348 e. The Hall–Kier alpha value is -0.880. The molecule has 0 saturated carbocycles. The van der Waals surface area contributed by atoms with E-state index in [9.17, 15) is 4.79 Å². The van der Waals surface area contributed by atoms with Crippen LogP contribution in [0.15, 0.2) is 17.1 Å². The number of halogens is 4. The number of anilines is 1. The SMILES string of the molecule is Cl.NC(N)=NC(=O)Nc1cc(Cl)c(Cl)cc1Cl. The molecule has 0 aliphatic rings. The highest BCUT2D eigenvalue weighted by molar-refractivity contribution is 6.44. The number of amides is 2. The molecule has 1 aromatic rings. The maximum absolute atomic E-state index is 11.2. The molecular weight excluding hydrogens is 310 g/mol. The Kier molecular flexibility index (Phi) is 6.41. The normalized spacial score (nSPS) is 9.12. The van der Waals surface area contributed by atoms with Crippen LogP contribution in [0.1, 0.15) is 0 Å². The summed E-state index contributed by atoms with van der Waals surface area (Å²) in [5.74, 6) is -0.353. The maximum Gasteiger partial charge on any atom is 0.348 e. The number of nitrogens with two attached hydrogens (primary N) is 2. The lowest BCUT2D eigenvalue weighted by Crippen LogP contribution is -2.25. The molecule has 0 fully saturated rings. The van der Waals surface area contributed by atoms with Crippen molar-refractivity contribution >= 4 is 64.9 Å². The largest absolute Gasteiger partial charge is 0.370 e. The van der Waals surface area contributed by atoms with Crippen molar-refractivity contribution in [2.75, 3.05) is 5.32 Å². The second kappa shape index (κ2) is 6.76. The Bertz CT molecular complexity index is 459. The lowest BCUT2D eigenvalue weighted by atomic mass is 10.3. The summed E-state index contributed by atoms with van der Waals surface area (Å²) in [5.41, 5.74) is 10.3. The number of rotatable bonds is 1. The van der Waals surface area contributed by atoms with Gasteiger partial charge in [-0.1, -0.05) is 34.8 Å². The van der Waals surface area contributed by atoms with Crippen LogP contribution in [0.5, 0.6) is 0 Å². The maximum atomic E-state index is 11.2. The number of carbonyl (C=O) groups excluding carboxylic acids is 1. The molecule has 0 aliphatic heterocycles. The summed E-state index contributed by atoms with van der Waals surface area (Å²) in [7, 11) is 0. The molecule has 17 heavy (non-hydrogen) atoms. The summed E-state index contributed by atoms with van der Waals surface area (Å²) < 4.78 is 0. The molecule has 0 unspecified atom stereocenters. The molecule has 1 rings (SSSR count). The molecule has 5 nitrogen and oxygen atoms in total. The van der Waals surface area contributed by atoms with Crippen LogP contribution in [0.2, 0.25) is 15.1 Å². The van der Waals surface area contributed by atoms with Gasteiger partial charge < -0.3 is 16.8 Å². The average Bonchev–Trinajstić information content (AvgIpc) is 2.12. The van der Waals surface area contributed by atoms with Gasteiger partial charge in [0.1, 0.15) is 0 Å². The molecule has 0 aromatic heterocycles. The van der Waals surface area contributed by atoms with Crippen molar-refractivity contribution < 1.29 is 4.79 Å². The number of carbonyl (C=O) groups is 1. The van der Waals surface area contributed by atoms with Gasteiger partial charge in [-0.15, -0.1) is 12.4 Å².